The maximum absolute atomic E-state index is 12.5. The standard InChI is InChI=1S/C17H25NO3/c1-17(2,3)11-14(19)15-16(20)18(9-10-21-15)12-13-7-5-4-6-8-13/h4-8,14-15,19H,9-12H2,1-3H3. The summed E-state index contributed by atoms with van der Waals surface area (Å²) >= 11 is 0. The largest absolute Gasteiger partial charge is 0.390 e. The molecule has 0 bridgehead atoms. The zero-order chi connectivity index (χ0) is 15.5. The SMILES string of the molecule is CC(C)(C)CC(O)C1OCCN(Cc2ccccc2)C1=O. The summed E-state index contributed by atoms with van der Waals surface area (Å²) in [6, 6.07) is 9.89. The van der Waals surface area contributed by atoms with Crippen LogP contribution in [0.15, 0.2) is 30.3 Å². The van der Waals surface area contributed by atoms with Crippen molar-refractivity contribution in [1.82, 2.24) is 4.90 Å². The number of hydrogen-bond acceptors (Lipinski definition) is 3. The van der Waals surface area contributed by atoms with Crippen LogP contribution in [0.5, 0.6) is 0 Å². The number of carbonyl (C=O) groups is 1. The van der Waals surface area contributed by atoms with Crippen LogP contribution in [0.3, 0.4) is 0 Å². The van der Waals surface area contributed by atoms with E-state index in [4.69, 9.17) is 4.74 Å². The molecule has 4 nitrogen and oxygen atoms in total. The number of aliphatic hydroxyl groups excluding tert-OH is 1. The molecule has 1 N–H and O–H groups in total. The van der Waals surface area contributed by atoms with Crippen molar-refractivity contribution >= 4 is 5.91 Å². The molecular formula is C17H25NO3. The molecule has 1 fully saturated rings. The Labute approximate surface area is 126 Å². The lowest BCUT2D eigenvalue weighted by molar-refractivity contribution is -0.165. The van der Waals surface area contributed by atoms with Gasteiger partial charge in [-0.15, -0.1) is 0 Å². The van der Waals surface area contributed by atoms with Crippen LogP contribution in [0.25, 0.3) is 0 Å². The molecule has 1 aromatic carbocycles. The first-order valence-corrected chi connectivity index (χ1v) is 7.49. The molecular weight excluding hydrogens is 266 g/mol. The number of aliphatic hydroxyl groups is 1. The van der Waals surface area contributed by atoms with Gasteiger partial charge in [-0.25, -0.2) is 0 Å². The minimum Gasteiger partial charge on any atom is -0.390 e. The topological polar surface area (TPSA) is 49.8 Å². The van der Waals surface area contributed by atoms with Crippen molar-refractivity contribution < 1.29 is 14.6 Å². The van der Waals surface area contributed by atoms with Gasteiger partial charge in [-0.1, -0.05) is 51.1 Å². The Morgan fingerprint density at radius 3 is 2.62 bits per heavy atom. The lowest BCUT2D eigenvalue weighted by atomic mass is 9.87. The lowest BCUT2D eigenvalue weighted by Gasteiger charge is -2.36. The highest BCUT2D eigenvalue weighted by molar-refractivity contribution is 5.82. The fourth-order valence-electron chi connectivity index (χ4n) is 2.62. The van der Waals surface area contributed by atoms with E-state index >= 15 is 0 Å². The van der Waals surface area contributed by atoms with E-state index in [2.05, 4.69) is 0 Å². The van der Waals surface area contributed by atoms with Gasteiger partial charge in [-0.3, -0.25) is 4.79 Å². The number of rotatable bonds is 4. The van der Waals surface area contributed by atoms with E-state index in [-0.39, 0.29) is 11.3 Å². The van der Waals surface area contributed by atoms with Crippen molar-refractivity contribution in [3.8, 4) is 0 Å². The Balaban J connectivity index is 2.01. The van der Waals surface area contributed by atoms with Crippen LogP contribution >= 0.6 is 0 Å². The molecule has 4 heteroatoms. The van der Waals surface area contributed by atoms with E-state index in [1.165, 1.54) is 0 Å². The molecule has 21 heavy (non-hydrogen) atoms. The van der Waals surface area contributed by atoms with Crippen LogP contribution in [0.2, 0.25) is 0 Å². The van der Waals surface area contributed by atoms with Crippen LogP contribution < -0.4 is 0 Å². The van der Waals surface area contributed by atoms with E-state index in [0.717, 1.165) is 5.56 Å². The van der Waals surface area contributed by atoms with Crippen molar-refractivity contribution in [3.05, 3.63) is 35.9 Å². The van der Waals surface area contributed by atoms with E-state index in [1.54, 1.807) is 4.90 Å². The van der Waals surface area contributed by atoms with E-state index < -0.39 is 12.2 Å². The number of amides is 1. The van der Waals surface area contributed by atoms with Gasteiger partial charge in [0.1, 0.15) is 0 Å². The molecule has 2 atom stereocenters. The van der Waals surface area contributed by atoms with Gasteiger partial charge in [0.25, 0.3) is 5.91 Å². The van der Waals surface area contributed by atoms with Gasteiger partial charge >= 0.3 is 0 Å². The highest BCUT2D eigenvalue weighted by Gasteiger charge is 2.36. The van der Waals surface area contributed by atoms with Crippen LogP contribution in [-0.4, -0.2) is 41.3 Å². The van der Waals surface area contributed by atoms with E-state index in [9.17, 15) is 9.90 Å². The maximum atomic E-state index is 12.5. The highest BCUT2D eigenvalue weighted by Crippen LogP contribution is 2.25. The predicted molar refractivity (Wildman–Crippen MR) is 81.7 cm³/mol. The van der Waals surface area contributed by atoms with E-state index in [0.29, 0.717) is 26.1 Å². The Morgan fingerprint density at radius 1 is 1.33 bits per heavy atom. The third-order valence-electron chi connectivity index (χ3n) is 3.60. The zero-order valence-corrected chi connectivity index (χ0v) is 13.1. The fraction of sp³-hybridized carbons (Fsp3) is 0.588. The minimum absolute atomic E-state index is 0.0369. The van der Waals surface area contributed by atoms with Crippen molar-refractivity contribution in [2.75, 3.05) is 13.2 Å². The van der Waals surface area contributed by atoms with Gasteiger partial charge in [0.2, 0.25) is 0 Å². The maximum Gasteiger partial charge on any atom is 0.254 e. The average molecular weight is 291 g/mol. The van der Waals surface area contributed by atoms with Crippen LogP contribution in [-0.2, 0) is 16.1 Å². The van der Waals surface area contributed by atoms with Crippen molar-refractivity contribution in [2.24, 2.45) is 5.41 Å². The first-order valence-electron chi connectivity index (χ1n) is 7.49. The van der Waals surface area contributed by atoms with Gasteiger partial charge in [0.15, 0.2) is 6.10 Å². The molecule has 0 spiro atoms. The number of hydrogen-bond donors (Lipinski definition) is 1. The first-order chi connectivity index (χ1) is 9.87. The Hall–Kier alpha value is -1.39. The zero-order valence-electron chi connectivity index (χ0n) is 13.1. The second-order valence-corrected chi connectivity index (χ2v) is 6.87. The van der Waals surface area contributed by atoms with Gasteiger partial charge in [-0.05, 0) is 17.4 Å². The summed E-state index contributed by atoms with van der Waals surface area (Å²) < 4.78 is 5.52. The first kappa shape index (κ1) is 16.0. The van der Waals surface area contributed by atoms with Gasteiger partial charge in [0.05, 0.1) is 12.7 Å². The van der Waals surface area contributed by atoms with Gasteiger partial charge < -0.3 is 14.7 Å². The molecule has 1 aliphatic heterocycles. The van der Waals surface area contributed by atoms with Crippen molar-refractivity contribution in [3.63, 3.8) is 0 Å². The number of carbonyl (C=O) groups excluding carboxylic acids is 1. The summed E-state index contributed by atoms with van der Waals surface area (Å²) in [6.45, 7) is 7.76. The fourth-order valence-corrected chi connectivity index (χ4v) is 2.62. The summed E-state index contributed by atoms with van der Waals surface area (Å²) in [5.74, 6) is -0.109. The number of nitrogens with zero attached hydrogens (tertiary/aromatic N) is 1. The van der Waals surface area contributed by atoms with Gasteiger partial charge in [0, 0.05) is 13.1 Å². The average Bonchev–Trinajstić information content (AvgIpc) is 2.40. The Kier molecular flexibility index (Phi) is 5.01. The van der Waals surface area contributed by atoms with Crippen LogP contribution in [0.4, 0.5) is 0 Å². The summed E-state index contributed by atoms with van der Waals surface area (Å²) in [5, 5.41) is 10.3. The second-order valence-electron chi connectivity index (χ2n) is 6.87. The molecule has 1 saturated heterocycles. The molecule has 1 aliphatic rings. The number of ether oxygens (including phenoxy) is 1. The Morgan fingerprint density at radius 2 is 2.00 bits per heavy atom. The number of benzene rings is 1. The predicted octanol–water partition coefficient (Wildman–Crippen LogP) is 2.21. The summed E-state index contributed by atoms with van der Waals surface area (Å²) in [4.78, 5) is 14.3. The molecule has 0 aliphatic carbocycles. The third-order valence-corrected chi connectivity index (χ3v) is 3.60. The number of morpholine rings is 1. The minimum atomic E-state index is -0.754. The molecule has 1 amide bonds. The van der Waals surface area contributed by atoms with Crippen molar-refractivity contribution in [2.45, 2.75) is 45.9 Å². The van der Waals surface area contributed by atoms with Crippen LogP contribution in [0.1, 0.15) is 32.8 Å². The lowest BCUT2D eigenvalue weighted by Crippen LogP contribution is -2.52. The third kappa shape index (κ3) is 4.55. The molecule has 0 radical (unpaired) electrons. The molecule has 2 rings (SSSR count). The molecule has 1 aromatic rings. The Bertz CT molecular complexity index is 467. The molecule has 0 saturated carbocycles. The quantitative estimate of drug-likeness (QED) is 0.925. The molecule has 116 valence electrons. The summed E-state index contributed by atoms with van der Waals surface area (Å²) in [7, 11) is 0. The molecule has 1 heterocycles. The summed E-state index contributed by atoms with van der Waals surface area (Å²) in [6.07, 6.45) is -0.944. The monoisotopic (exact) mass is 291 g/mol. The molecule has 2 unspecified atom stereocenters. The summed E-state index contributed by atoms with van der Waals surface area (Å²) in [5.41, 5.74) is 1.06. The molecule has 0 aromatic heterocycles. The smallest absolute Gasteiger partial charge is 0.254 e. The second kappa shape index (κ2) is 6.58. The van der Waals surface area contributed by atoms with Crippen LogP contribution in [0, 0.1) is 5.41 Å². The highest BCUT2D eigenvalue weighted by atomic mass is 16.5. The normalized spacial score (nSPS) is 21.4. The van der Waals surface area contributed by atoms with E-state index in [1.807, 2.05) is 51.1 Å². The van der Waals surface area contributed by atoms with Crippen molar-refractivity contribution in [1.29, 1.82) is 0 Å². The van der Waals surface area contributed by atoms with Gasteiger partial charge in [-0.2, -0.15) is 0 Å².